The van der Waals surface area contributed by atoms with Crippen LogP contribution in [0, 0.1) is 9.49 Å². The molecule has 1 fully saturated rings. The molecule has 0 aliphatic heterocycles. The molecule has 1 aromatic carbocycles. The van der Waals surface area contributed by atoms with E-state index in [2.05, 4.69) is 46.9 Å². The largest absolute Gasteiger partial charge is 0.469 e. The molecular formula is C15H19IO3. The number of carbonyl (C=O) groups is 1. The van der Waals surface area contributed by atoms with Crippen molar-refractivity contribution in [2.75, 3.05) is 7.11 Å². The van der Waals surface area contributed by atoms with Crippen LogP contribution in [0.2, 0.25) is 0 Å². The highest BCUT2D eigenvalue weighted by Crippen LogP contribution is 2.27. The molecule has 3 nitrogen and oxygen atoms in total. The lowest BCUT2D eigenvalue weighted by Crippen LogP contribution is -2.26. The summed E-state index contributed by atoms with van der Waals surface area (Å²) in [5, 5.41) is 0. The van der Waals surface area contributed by atoms with Crippen molar-refractivity contribution in [2.45, 2.75) is 38.4 Å². The van der Waals surface area contributed by atoms with Crippen LogP contribution in [0.3, 0.4) is 0 Å². The normalized spacial score (nSPS) is 23.1. The Morgan fingerprint density at radius 2 is 1.84 bits per heavy atom. The van der Waals surface area contributed by atoms with E-state index < -0.39 is 0 Å². The number of halogens is 1. The number of rotatable bonds is 4. The zero-order valence-corrected chi connectivity index (χ0v) is 13.3. The van der Waals surface area contributed by atoms with Gasteiger partial charge in [0.25, 0.3) is 0 Å². The fourth-order valence-corrected chi connectivity index (χ4v) is 2.79. The van der Waals surface area contributed by atoms with Crippen molar-refractivity contribution in [1.82, 2.24) is 0 Å². The molecular weight excluding hydrogens is 355 g/mol. The van der Waals surface area contributed by atoms with Crippen LogP contribution in [0.1, 0.15) is 31.2 Å². The first-order chi connectivity index (χ1) is 9.19. The summed E-state index contributed by atoms with van der Waals surface area (Å²) in [7, 11) is 1.46. The fraction of sp³-hybridized carbons (Fsp3) is 0.533. The first-order valence-electron chi connectivity index (χ1n) is 6.63. The number of ether oxygens (including phenoxy) is 2. The Morgan fingerprint density at radius 3 is 2.42 bits per heavy atom. The topological polar surface area (TPSA) is 35.5 Å². The molecule has 0 bridgehead atoms. The fourth-order valence-electron chi connectivity index (χ4n) is 2.43. The lowest BCUT2D eigenvalue weighted by atomic mass is 9.87. The Bertz CT molecular complexity index is 408. The summed E-state index contributed by atoms with van der Waals surface area (Å²) in [6, 6.07) is 8.38. The predicted octanol–water partition coefficient (Wildman–Crippen LogP) is 3.54. The van der Waals surface area contributed by atoms with Gasteiger partial charge in [-0.2, -0.15) is 0 Å². The SMILES string of the molecule is COC(=O)C1CCC(OCc2ccc(I)cc2)CC1. The summed E-state index contributed by atoms with van der Waals surface area (Å²) in [4.78, 5) is 11.4. The van der Waals surface area contributed by atoms with E-state index in [1.807, 2.05) is 0 Å². The molecule has 1 aliphatic carbocycles. The summed E-state index contributed by atoms with van der Waals surface area (Å²) in [6.45, 7) is 0.657. The van der Waals surface area contributed by atoms with Crippen molar-refractivity contribution in [3.8, 4) is 0 Å². The molecule has 0 spiro atoms. The molecule has 2 rings (SSSR count). The highest BCUT2D eigenvalue weighted by Gasteiger charge is 2.27. The maximum atomic E-state index is 11.4. The number of benzene rings is 1. The number of esters is 1. The van der Waals surface area contributed by atoms with Crippen LogP contribution in [0.15, 0.2) is 24.3 Å². The van der Waals surface area contributed by atoms with Gasteiger partial charge in [-0.25, -0.2) is 0 Å². The summed E-state index contributed by atoms with van der Waals surface area (Å²) in [5.41, 5.74) is 1.20. The molecule has 0 radical (unpaired) electrons. The van der Waals surface area contributed by atoms with Crippen molar-refractivity contribution in [3.63, 3.8) is 0 Å². The zero-order chi connectivity index (χ0) is 13.7. The van der Waals surface area contributed by atoms with E-state index in [1.54, 1.807) is 0 Å². The molecule has 4 heteroatoms. The smallest absolute Gasteiger partial charge is 0.308 e. The number of hydrogen-bond acceptors (Lipinski definition) is 3. The van der Waals surface area contributed by atoms with Gasteiger partial charge in [-0.15, -0.1) is 0 Å². The third kappa shape index (κ3) is 4.45. The molecule has 0 N–H and O–H groups in total. The average Bonchev–Trinajstić information content (AvgIpc) is 2.46. The molecule has 0 atom stereocenters. The van der Waals surface area contributed by atoms with E-state index in [0.717, 1.165) is 25.7 Å². The number of methoxy groups -OCH3 is 1. The molecule has 0 heterocycles. The molecule has 0 aromatic heterocycles. The van der Waals surface area contributed by atoms with E-state index in [9.17, 15) is 4.79 Å². The molecule has 0 unspecified atom stereocenters. The summed E-state index contributed by atoms with van der Waals surface area (Å²) in [6.07, 6.45) is 3.93. The van der Waals surface area contributed by atoms with Crippen LogP contribution in [-0.4, -0.2) is 19.2 Å². The first kappa shape index (κ1) is 14.8. The molecule has 19 heavy (non-hydrogen) atoms. The van der Waals surface area contributed by atoms with E-state index >= 15 is 0 Å². The van der Waals surface area contributed by atoms with Crippen LogP contribution in [0.5, 0.6) is 0 Å². The predicted molar refractivity (Wildman–Crippen MR) is 81.7 cm³/mol. The van der Waals surface area contributed by atoms with E-state index in [-0.39, 0.29) is 18.0 Å². The minimum atomic E-state index is -0.0731. The Morgan fingerprint density at radius 1 is 1.21 bits per heavy atom. The van der Waals surface area contributed by atoms with Gasteiger partial charge in [0.2, 0.25) is 0 Å². The maximum absolute atomic E-state index is 11.4. The minimum Gasteiger partial charge on any atom is -0.469 e. The Balaban J connectivity index is 1.74. The van der Waals surface area contributed by atoms with Gasteiger partial charge in [0.1, 0.15) is 0 Å². The monoisotopic (exact) mass is 374 g/mol. The van der Waals surface area contributed by atoms with Crippen LogP contribution in [-0.2, 0) is 20.9 Å². The highest BCUT2D eigenvalue weighted by molar-refractivity contribution is 14.1. The van der Waals surface area contributed by atoms with Gasteiger partial charge in [-0.05, 0) is 66.0 Å². The highest BCUT2D eigenvalue weighted by atomic mass is 127. The second-order valence-corrected chi connectivity index (χ2v) is 6.18. The standard InChI is InChI=1S/C15H19IO3/c1-18-15(17)12-4-8-14(9-5-12)19-10-11-2-6-13(16)7-3-11/h2-3,6-7,12,14H,4-5,8-10H2,1H3. The van der Waals surface area contributed by atoms with Crippen LogP contribution in [0.4, 0.5) is 0 Å². The van der Waals surface area contributed by atoms with Crippen molar-refractivity contribution in [3.05, 3.63) is 33.4 Å². The molecule has 0 amide bonds. The van der Waals surface area contributed by atoms with Gasteiger partial charge in [0, 0.05) is 3.57 Å². The van der Waals surface area contributed by atoms with Gasteiger partial charge >= 0.3 is 5.97 Å². The van der Waals surface area contributed by atoms with Gasteiger partial charge in [-0.1, -0.05) is 12.1 Å². The number of hydrogen-bond donors (Lipinski definition) is 0. The lowest BCUT2D eigenvalue weighted by Gasteiger charge is -2.27. The van der Waals surface area contributed by atoms with E-state index in [0.29, 0.717) is 6.61 Å². The first-order valence-corrected chi connectivity index (χ1v) is 7.71. The average molecular weight is 374 g/mol. The number of carbonyl (C=O) groups excluding carboxylic acids is 1. The van der Waals surface area contributed by atoms with Gasteiger partial charge < -0.3 is 9.47 Å². The maximum Gasteiger partial charge on any atom is 0.308 e. The summed E-state index contributed by atoms with van der Waals surface area (Å²) >= 11 is 2.30. The third-order valence-corrected chi connectivity index (χ3v) is 4.33. The van der Waals surface area contributed by atoms with Crippen LogP contribution >= 0.6 is 22.6 Å². The summed E-state index contributed by atoms with van der Waals surface area (Å²) in [5.74, 6) is -0.000705. The van der Waals surface area contributed by atoms with Gasteiger partial charge in [0.05, 0.1) is 25.7 Å². The van der Waals surface area contributed by atoms with Gasteiger partial charge in [0.15, 0.2) is 0 Å². The van der Waals surface area contributed by atoms with Crippen molar-refractivity contribution in [2.24, 2.45) is 5.92 Å². The van der Waals surface area contributed by atoms with Gasteiger partial charge in [-0.3, -0.25) is 4.79 Å². The van der Waals surface area contributed by atoms with E-state index in [1.165, 1.54) is 16.2 Å². The van der Waals surface area contributed by atoms with Crippen LogP contribution < -0.4 is 0 Å². The summed E-state index contributed by atoms with van der Waals surface area (Å²) < 4.78 is 11.9. The van der Waals surface area contributed by atoms with E-state index in [4.69, 9.17) is 9.47 Å². The molecule has 104 valence electrons. The van der Waals surface area contributed by atoms with Crippen molar-refractivity contribution in [1.29, 1.82) is 0 Å². The van der Waals surface area contributed by atoms with Crippen molar-refractivity contribution < 1.29 is 14.3 Å². The quantitative estimate of drug-likeness (QED) is 0.598. The zero-order valence-electron chi connectivity index (χ0n) is 11.1. The molecule has 1 aliphatic rings. The Hall–Kier alpha value is -0.620. The third-order valence-electron chi connectivity index (χ3n) is 3.61. The lowest BCUT2D eigenvalue weighted by molar-refractivity contribution is -0.147. The molecule has 1 aromatic rings. The Kier molecular flexibility index (Phi) is 5.63. The second-order valence-electron chi connectivity index (χ2n) is 4.93. The Labute approximate surface area is 127 Å². The molecule has 1 saturated carbocycles. The van der Waals surface area contributed by atoms with Crippen molar-refractivity contribution >= 4 is 28.6 Å². The molecule has 0 saturated heterocycles. The second kappa shape index (κ2) is 7.24. The van der Waals surface area contributed by atoms with Crippen LogP contribution in [0.25, 0.3) is 0 Å². The minimum absolute atomic E-state index is 0.0724.